The van der Waals surface area contributed by atoms with Crippen LogP contribution in [0.25, 0.3) is 0 Å². The number of benzene rings is 3. The first-order valence-corrected chi connectivity index (χ1v) is 12.1. The molecule has 0 aliphatic heterocycles. The van der Waals surface area contributed by atoms with E-state index in [0.717, 1.165) is 22.6 Å². The average Bonchev–Trinajstić information content (AvgIpc) is 2.81. The summed E-state index contributed by atoms with van der Waals surface area (Å²) in [5.41, 5.74) is 3.84. The van der Waals surface area contributed by atoms with Crippen molar-refractivity contribution in [3.8, 4) is 5.75 Å². The van der Waals surface area contributed by atoms with Crippen LogP contribution in [0.15, 0.2) is 71.6 Å². The summed E-state index contributed by atoms with van der Waals surface area (Å²) in [7, 11) is 0. The molecule has 2 amide bonds. The Morgan fingerprint density at radius 1 is 0.879 bits per heavy atom. The third-order valence-electron chi connectivity index (χ3n) is 5.11. The second kappa shape index (κ2) is 12.1. The second-order valence-corrected chi connectivity index (χ2v) is 8.95. The van der Waals surface area contributed by atoms with Crippen molar-refractivity contribution < 1.29 is 14.3 Å². The first-order valence-electron chi connectivity index (χ1n) is 11.1. The van der Waals surface area contributed by atoms with E-state index in [1.54, 1.807) is 24.3 Å². The standard InChI is InChI=1S/C27H30N2O3S/c1-4-5-17-33-22-15-13-21(14-16-22)28-25(30)18-32-24-12-7-6-11-23(24)27(31)29-26-19(2)9-8-10-20(26)3/h6-16H,4-5,17-18H2,1-3H3,(H,28,30)(H,29,31). The number of nitrogens with one attached hydrogen (secondary N) is 2. The topological polar surface area (TPSA) is 67.4 Å². The Morgan fingerprint density at radius 3 is 2.27 bits per heavy atom. The van der Waals surface area contributed by atoms with E-state index >= 15 is 0 Å². The van der Waals surface area contributed by atoms with Crippen molar-refractivity contribution >= 4 is 35.0 Å². The molecule has 5 nitrogen and oxygen atoms in total. The first-order chi connectivity index (χ1) is 16.0. The van der Waals surface area contributed by atoms with Gasteiger partial charge in [0, 0.05) is 16.3 Å². The van der Waals surface area contributed by atoms with Gasteiger partial charge in [0.05, 0.1) is 5.56 Å². The molecule has 0 aromatic heterocycles. The molecular weight excluding hydrogens is 432 g/mol. The lowest BCUT2D eigenvalue weighted by Crippen LogP contribution is -2.21. The first kappa shape index (κ1) is 24.4. The Labute approximate surface area is 199 Å². The molecule has 0 spiro atoms. The Bertz CT molecular complexity index is 1080. The van der Waals surface area contributed by atoms with E-state index in [1.165, 1.54) is 17.7 Å². The zero-order valence-corrected chi connectivity index (χ0v) is 20.1. The summed E-state index contributed by atoms with van der Waals surface area (Å²) in [6.45, 7) is 5.88. The van der Waals surface area contributed by atoms with Gasteiger partial charge in [0.25, 0.3) is 11.8 Å². The van der Waals surface area contributed by atoms with E-state index in [4.69, 9.17) is 4.74 Å². The van der Waals surface area contributed by atoms with E-state index < -0.39 is 0 Å². The van der Waals surface area contributed by atoms with Crippen molar-refractivity contribution in [2.75, 3.05) is 23.0 Å². The molecular formula is C27H30N2O3S. The number of thioether (sulfide) groups is 1. The predicted molar refractivity (Wildman–Crippen MR) is 137 cm³/mol. The number of anilines is 2. The highest BCUT2D eigenvalue weighted by Gasteiger charge is 2.15. The fourth-order valence-corrected chi connectivity index (χ4v) is 4.28. The van der Waals surface area contributed by atoms with E-state index in [0.29, 0.717) is 17.0 Å². The van der Waals surface area contributed by atoms with Crippen LogP contribution in [0.4, 0.5) is 11.4 Å². The van der Waals surface area contributed by atoms with Gasteiger partial charge in [-0.2, -0.15) is 0 Å². The number of unbranched alkanes of at least 4 members (excludes halogenated alkanes) is 1. The maximum atomic E-state index is 12.9. The maximum absolute atomic E-state index is 12.9. The number of hydrogen-bond acceptors (Lipinski definition) is 4. The number of carbonyl (C=O) groups is 2. The third kappa shape index (κ3) is 7.12. The molecule has 6 heteroatoms. The Hall–Kier alpha value is -3.25. The molecule has 172 valence electrons. The van der Waals surface area contributed by atoms with Gasteiger partial charge in [-0.1, -0.05) is 43.7 Å². The number of ether oxygens (including phenoxy) is 1. The summed E-state index contributed by atoms with van der Waals surface area (Å²) in [5.74, 6) is 0.886. The van der Waals surface area contributed by atoms with Gasteiger partial charge in [-0.25, -0.2) is 0 Å². The molecule has 3 rings (SSSR count). The van der Waals surface area contributed by atoms with Crippen LogP contribution in [0.5, 0.6) is 5.75 Å². The molecule has 0 bridgehead atoms. The van der Waals surface area contributed by atoms with E-state index in [1.807, 2.05) is 68.1 Å². The molecule has 0 atom stereocenters. The minimum atomic E-state index is -0.286. The van der Waals surface area contributed by atoms with Crippen LogP contribution >= 0.6 is 11.8 Å². The van der Waals surface area contributed by atoms with Gasteiger partial charge in [-0.15, -0.1) is 11.8 Å². The SMILES string of the molecule is CCCCSc1ccc(NC(=O)COc2ccccc2C(=O)Nc2c(C)cccc2C)cc1. The molecule has 0 fully saturated rings. The Balaban J connectivity index is 1.58. The van der Waals surface area contributed by atoms with Gasteiger partial charge in [0.15, 0.2) is 6.61 Å². The summed E-state index contributed by atoms with van der Waals surface area (Å²) >= 11 is 1.81. The van der Waals surface area contributed by atoms with Crippen molar-refractivity contribution in [3.05, 3.63) is 83.4 Å². The van der Waals surface area contributed by atoms with Gasteiger partial charge in [-0.3, -0.25) is 9.59 Å². The summed E-state index contributed by atoms with van der Waals surface area (Å²) in [6, 6.07) is 20.6. The van der Waals surface area contributed by atoms with E-state index in [-0.39, 0.29) is 18.4 Å². The second-order valence-electron chi connectivity index (χ2n) is 7.78. The summed E-state index contributed by atoms with van der Waals surface area (Å²) in [5, 5.41) is 5.80. The summed E-state index contributed by atoms with van der Waals surface area (Å²) in [4.78, 5) is 26.5. The number of hydrogen-bond donors (Lipinski definition) is 2. The van der Waals surface area contributed by atoms with Gasteiger partial charge in [0.2, 0.25) is 0 Å². The highest BCUT2D eigenvalue weighted by Crippen LogP contribution is 2.24. The Morgan fingerprint density at radius 2 is 1.58 bits per heavy atom. The van der Waals surface area contributed by atoms with E-state index in [9.17, 15) is 9.59 Å². The quantitative estimate of drug-likeness (QED) is 0.268. The lowest BCUT2D eigenvalue weighted by molar-refractivity contribution is -0.118. The van der Waals surface area contributed by atoms with Crippen LogP contribution in [-0.2, 0) is 4.79 Å². The smallest absolute Gasteiger partial charge is 0.262 e. The minimum Gasteiger partial charge on any atom is -0.483 e. The third-order valence-corrected chi connectivity index (χ3v) is 6.21. The van der Waals surface area contributed by atoms with Crippen LogP contribution in [0.1, 0.15) is 41.3 Å². The van der Waals surface area contributed by atoms with Crippen LogP contribution in [-0.4, -0.2) is 24.2 Å². The van der Waals surface area contributed by atoms with E-state index in [2.05, 4.69) is 17.6 Å². The molecule has 33 heavy (non-hydrogen) atoms. The van der Waals surface area contributed by atoms with Crippen LogP contribution in [0.2, 0.25) is 0 Å². The molecule has 0 radical (unpaired) electrons. The lowest BCUT2D eigenvalue weighted by Gasteiger charge is -2.14. The molecule has 0 unspecified atom stereocenters. The minimum absolute atomic E-state index is 0.194. The molecule has 0 saturated heterocycles. The maximum Gasteiger partial charge on any atom is 0.262 e. The summed E-state index contributed by atoms with van der Waals surface area (Å²) < 4.78 is 5.70. The molecule has 0 saturated carbocycles. The van der Waals surface area contributed by atoms with Gasteiger partial charge in [0.1, 0.15) is 5.75 Å². The number of para-hydroxylation sites is 2. The van der Waals surface area contributed by atoms with Crippen LogP contribution in [0.3, 0.4) is 0 Å². The van der Waals surface area contributed by atoms with Crippen LogP contribution in [0, 0.1) is 13.8 Å². The largest absolute Gasteiger partial charge is 0.483 e. The van der Waals surface area contributed by atoms with Crippen molar-refractivity contribution in [1.29, 1.82) is 0 Å². The average molecular weight is 463 g/mol. The number of rotatable bonds is 10. The lowest BCUT2D eigenvalue weighted by atomic mass is 10.1. The zero-order chi connectivity index (χ0) is 23.6. The highest BCUT2D eigenvalue weighted by atomic mass is 32.2. The van der Waals surface area contributed by atoms with Crippen molar-refractivity contribution in [2.45, 2.75) is 38.5 Å². The fraction of sp³-hybridized carbons (Fsp3) is 0.259. The Kier molecular flexibility index (Phi) is 8.95. The van der Waals surface area contributed by atoms with Gasteiger partial charge >= 0.3 is 0 Å². The zero-order valence-electron chi connectivity index (χ0n) is 19.3. The van der Waals surface area contributed by atoms with Crippen molar-refractivity contribution in [2.24, 2.45) is 0 Å². The normalized spacial score (nSPS) is 10.5. The van der Waals surface area contributed by atoms with Crippen molar-refractivity contribution in [1.82, 2.24) is 0 Å². The molecule has 3 aromatic carbocycles. The van der Waals surface area contributed by atoms with Crippen molar-refractivity contribution in [3.63, 3.8) is 0 Å². The monoisotopic (exact) mass is 462 g/mol. The summed E-state index contributed by atoms with van der Waals surface area (Å²) in [6.07, 6.45) is 2.36. The number of carbonyl (C=O) groups excluding carboxylic acids is 2. The highest BCUT2D eigenvalue weighted by molar-refractivity contribution is 7.99. The molecule has 0 heterocycles. The molecule has 2 N–H and O–H groups in total. The van der Waals surface area contributed by atoms with Gasteiger partial charge < -0.3 is 15.4 Å². The number of aryl methyl sites for hydroxylation is 2. The van der Waals surface area contributed by atoms with Gasteiger partial charge in [-0.05, 0) is 73.5 Å². The van der Waals surface area contributed by atoms with Crippen LogP contribution < -0.4 is 15.4 Å². The molecule has 0 aliphatic rings. The molecule has 0 aliphatic carbocycles. The molecule has 3 aromatic rings. The number of amides is 2. The fourth-order valence-electron chi connectivity index (χ4n) is 3.28. The predicted octanol–water partition coefficient (Wildman–Crippen LogP) is 6.47.